The number of benzene rings is 1. The van der Waals surface area contributed by atoms with Crippen LogP contribution in [0.3, 0.4) is 0 Å². The third-order valence-corrected chi connectivity index (χ3v) is 4.22. The molecule has 0 heterocycles. The van der Waals surface area contributed by atoms with Gasteiger partial charge in [0.1, 0.15) is 5.75 Å². The highest BCUT2D eigenvalue weighted by molar-refractivity contribution is 7.89. The Kier molecular flexibility index (Phi) is 4.10. The van der Waals surface area contributed by atoms with Crippen LogP contribution in [0.5, 0.6) is 5.75 Å². The topological polar surface area (TPSA) is 81.4 Å². The zero-order valence-corrected chi connectivity index (χ0v) is 11.5. The van der Waals surface area contributed by atoms with Gasteiger partial charge >= 0.3 is 0 Å². The molecule has 0 radical (unpaired) electrons. The minimum Gasteiger partial charge on any atom is -0.495 e. The van der Waals surface area contributed by atoms with E-state index in [0.29, 0.717) is 11.3 Å². The summed E-state index contributed by atoms with van der Waals surface area (Å²) in [6.45, 7) is 0.209. The molecule has 0 amide bonds. The van der Waals surface area contributed by atoms with Gasteiger partial charge in [0.25, 0.3) is 0 Å². The molecule has 1 aromatic rings. The fraction of sp³-hybridized carbons (Fsp3) is 0.385. The van der Waals surface area contributed by atoms with Crippen LogP contribution in [-0.2, 0) is 10.0 Å². The van der Waals surface area contributed by atoms with E-state index in [1.54, 1.807) is 6.07 Å². The van der Waals surface area contributed by atoms with Crippen molar-refractivity contribution >= 4 is 10.0 Å². The average molecular weight is 280 g/mol. The summed E-state index contributed by atoms with van der Waals surface area (Å²) < 4.78 is 31.9. The van der Waals surface area contributed by atoms with Crippen molar-refractivity contribution in [2.45, 2.75) is 23.8 Å². The molecular formula is C13H16N2O3S. The van der Waals surface area contributed by atoms with Crippen LogP contribution in [0, 0.1) is 11.8 Å². The fourth-order valence-corrected chi connectivity index (χ4v) is 2.92. The molecule has 0 bridgehead atoms. The summed E-state index contributed by atoms with van der Waals surface area (Å²) in [7, 11) is -1.96. The van der Waals surface area contributed by atoms with Crippen LogP contribution in [-0.4, -0.2) is 28.1 Å². The Bertz CT molecular complexity index is 625. The van der Waals surface area contributed by atoms with E-state index in [1.165, 1.54) is 19.2 Å². The number of hydrogen-bond donors (Lipinski definition) is 2. The molecule has 0 saturated heterocycles. The molecule has 3 N–H and O–H groups in total. The van der Waals surface area contributed by atoms with Crippen molar-refractivity contribution in [2.75, 3.05) is 13.7 Å². The molecule has 5 nitrogen and oxygen atoms in total. The van der Waals surface area contributed by atoms with Gasteiger partial charge in [-0.25, -0.2) is 13.1 Å². The first-order valence-corrected chi connectivity index (χ1v) is 7.44. The normalized spacial score (nSPS) is 14.6. The van der Waals surface area contributed by atoms with Crippen LogP contribution in [0.1, 0.15) is 18.4 Å². The van der Waals surface area contributed by atoms with Crippen LogP contribution in [0.25, 0.3) is 0 Å². The monoisotopic (exact) mass is 280 g/mol. The van der Waals surface area contributed by atoms with Crippen molar-refractivity contribution in [1.82, 2.24) is 4.72 Å². The van der Waals surface area contributed by atoms with Crippen molar-refractivity contribution in [2.24, 2.45) is 5.73 Å². The Balaban J connectivity index is 2.36. The lowest BCUT2D eigenvalue weighted by molar-refractivity contribution is 0.413. The van der Waals surface area contributed by atoms with E-state index >= 15 is 0 Å². The fourth-order valence-electron chi connectivity index (χ4n) is 1.59. The molecule has 0 atom stereocenters. The van der Waals surface area contributed by atoms with E-state index in [-0.39, 0.29) is 17.5 Å². The van der Waals surface area contributed by atoms with Crippen LogP contribution in [0.4, 0.5) is 0 Å². The van der Waals surface area contributed by atoms with Crippen LogP contribution in [0.2, 0.25) is 0 Å². The number of sulfonamides is 1. The molecule has 0 unspecified atom stereocenters. The maximum Gasteiger partial charge on any atom is 0.240 e. The first-order chi connectivity index (χ1) is 9.06. The average Bonchev–Trinajstić information content (AvgIpc) is 3.19. The van der Waals surface area contributed by atoms with Gasteiger partial charge in [0.05, 0.1) is 24.1 Å². The molecule has 1 saturated carbocycles. The molecule has 1 aliphatic rings. The van der Waals surface area contributed by atoms with Crippen LogP contribution < -0.4 is 15.2 Å². The maximum absolute atomic E-state index is 12.1. The largest absolute Gasteiger partial charge is 0.495 e. The van der Waals surface area contributed by atoms with Crippen molar-refractivity contribution in [3.8, 4) is 17.6 Å². The smallest absolute Gasteiger partial charge is 0.240 e. The van der Waals surface area contributed by atoms with Gasteiger partial charge < -0.3 is 10.5 Å². The number of methoxy groups -OCH3 is 1. The van der Waals surface area contributed by atoms with Gasteiger partial charge in [0.15, 0.2) is 0 Å². The van der Waals surface area contributed by atoms with E-state index in [1.807, 2.05) is 0 Å². The molecule has 0 aromatic heterocycles. The molecule has 1 aliphatic carbocycles. The molecular weight excluding hydrogens is 264 g/mol. The first kappa shape index (κ1) is 13.9. The Morgan fingerprint density at radius 2 is 2.21 bits per heavy atom. The lowest BCUT2D eigenvalue weighted by atomic mass is 10.2. The lowest BCUT2D eigenvalue weighted by Crippen LogP contribution is -2.25. The van der Waals surface area contributed by atoms with E-state index in [0.717, 1.165) is 12.8 Å². The second-order valence-electron chi connectivity index (χ2n) is 4.26. The van der Waals surface area contributed by atoms with Gasteiger partial charge in [0.2, 0.25) is 10.0 Å². The maximum atomic E-state index is 12.1. The van der Waals surface area contributed by atoms with Crippen molar-refractivity contribution in [3.05, 3.63) is 23.8 Å². The third kappa shape index (κ3) is 3.47. The molecule has 1 aromatic carbocycles. The molecule has 0 aliphatic heterocycles. The number of nitrogens with two attached hydrogens (primary N) is 1. The Morgan fingerprint density at radius 3 is 2.79 bits per heavy atom. The summed E-state index contributed by atoms with van der Waals surface area (Å²) in [5, 5.41) is 0. The zero-order valence-electron chi connectivity index (χ0n) is 10.6. The quantitative estimate of drug-likeness (QED) is 0.784. The molecule has 102 valence electrons. The number of nitrogens with one attached hydrogen (secondary N) is 1. The Hall–Kier alpha value is -1.55. The van der Waals surface area contributed by atoms with Crippen LogP contribution >= 0.6 is 0 Å². The summed E-state index contributed by atoms with van der Waals surface area (Å²) >= 11 is 0. The van der Waals surface area contributed by atoms with Gasteiger partial charge in [-0.1, -0.05) is 11.8 Å². The second kappa shape index (κ2) is 5.61. The number of hydrogen-bond acceptors (Lipinski definition) is 4. The van der Waals surface area contributed by atoms with Gasteiger partial charge in [-0.3, -0.25) is 0 Å². The van der Waals surface area contributed by atoms with E-state index in [2.05, 4.69) is 16.6 Å². The van der Waals surface area contributed by atoms with Crippen molar-refractivity contribution in [3.63, 3.8) is 0 Å². The molecule has 0 spiro atoms. The number of rotatable bonds is 4. The summed E-state index contributed by atoms with van der Waals surface area (Å²) in [5.74, 6) is 6.04. The summed E-state index contributed by atoms with van der Waals surface area (Å²) in [5.41, 5.74) is 5.84. The predicted octanol–water partition coefficient (Wildman–Crippen LogP) is 0.446. The zero-order chi connectivity index (χ0) is 13.9. The summed E-state index contributed by atoms with van der Waals surface area (Å²) in [4.78, 5) is 0.196. The van der Waals surface area contributed by atoms with Crippen molar-refractivity contribution < 1.29 is 13.2 Å². The van der Waals surface area contributed by atoms with Gasteiger partial charge in [0, 0.05) is 6.04 Å². The highest BCUT2D eigenvalue weighted by atomic mass is 32.2. The molecule has 1 fully saturated rings. The summed E-state index contributed by atoms with van der Waals surface area (Å²) in [6, 6.07) is 4.69. The number of ether oxygens (including phenoxy) is 1. The second-order valence-corrected chi connectivity index (χ2v) is 5.98. The minimum atomic E-state index is -3.47. The first-order valence-electron chi connectivity index (χ1n) is 5.96. The Labute approximate surface area is 113 Å². The van der Waals surface area contributed by atoms with Crippen LogP contribution in [0.15, 0.2) is 23.1 Å². The standard InChI is InChI=1S/C13H16N2O3S/c1-18-13-7-6-12(9-10(13)3-2-8-14)19(16,17)15-11-4-5-11/h6-7,9,11,15H,4-5,8,14H2,1H3. The Morgan fingerprint density at radius 1 is 1.47 bits per heavy atom. The van der Waals surface area contributed by atoms with Gasteiger partial charge in [-0.15, -0.1) is 0 Å². The van der Waals surface area contributed by atoms with E-state index < -0.39 is 10.0 Å². The SMILES string of the molecule is COc1ccc(S(=O)(=O)NC2CC2)cc1C#CCN. The minimum absolute atomic E-state index is 0.0747. The molecule has 19 heavy (non-hydrogen) atoms. The van der Waals surface area contributed by atoms with Gasteiger partial charge in [-0.2, -0.15) is 0 Å². The lowest BCUT2D eigenvalue weighted by Gasteiger charge is -2.08. The molecule has 2 rings (SSSR count). The van der Waals surface area contributed by atoms with E-state index in [4.69, 9.17) is 10.5 Å². The highest BCUT2D eigenvalue weighted by Crippen LogP contribution is 2.25. The van der Waals surface area contributed by atoms with E-state index in [9.17, 15) is 8.42 Å². The van der Waals surface area contributed by atoms with Crippen molar-refractivity contribution in [1.29, 1.82) is 0 Å². The summed E-state index contributed by atoms with van der Waals surface area (Å²) in [6.07, 6.45) is 1.80. The third-order valence-electron chi connectivity index (χ3n) is 2.71. The highest BCUT2D eigenvalue weighted by Gasteiger charge is 2.28. The van der Waals surface area contributed by atoms with Gasteiger partial charge in [-0.05, 0) is 31.0 Å². The predicted molar refractivity (Wildman–Crippen MR) is 72.3 cm³/mol. The molecule has 6 heteroatoms.